The van der Waals surface area contributed by atoms with Crippen molar-refractivity contribution in [3.05, 3.63) is 84.4 Å². The summed E-state index contributed by atoms with van der Waals surface area (Å²) in [6.45, 7) is 1.54. The van der Waals surface area contributed by atoms with Gasteiger partial charge in [-0.25, -0.2) is 0 Å². The van der Waals surface area contributed by atoms with Crippen molar-refractivity contribution in [1.82, 2.24) is 0 Å². The van der Waals surface area contributed by atoms with Crippen molar-refractivity contribution in [2.75, 3.05) is 48.2 Å². The van der Waals surface area contributed by atoms with Crippen LogP contribution in [0.4, 0.5) is 22.7 Å². The van der Waals surface area contributed by atoms with E-state index in [1.807, 2.05) is 43.5 Å². The molecule has 5 heteroatoms. The first-order chi connectivity index (χ1) is 14.2. The maximum absolute atomic E-state index is 4.56. The van der Waals surface area contributed by atoms with E-state index >= 15 is 0 Å². The second-order valence-electron chi connectivity index (χ2n) is 6.86. The third-order valence-corrected chi connectivity index (χ3v) is 4.78. The smallest absolute Gasteiger partial charge is 0.0602 e. The van der Waals surface area contributed by atoms with E-state index in [0.29, 0.717) is 0 Å². The molecule has 0 saturated heterocycles. The second kappa shape index (κ2) is 10.2. The Kier molecular flexibility index (Phi) is 7.11. The fraction of sp³-hybridized carbons (Fsp3) is 0.208. The minimum absolute atomic E-state index is 0.722. The second-order valence-corrected chi connectivity index (χ2v) is 6.86. The number of nitrogens with zero attached hydrogens (tertiary/aromatic N) is 3. The summed E-state index contributed by atoms with van der Waals surface area (Å²) in [6.07, 6.45) is 1.92. The van der Waals surface area contributed by atoms with Crippen LogP contribution in [0.15, 0.2) is 84.0 Å². The first-order valence-corrected chi connectivity index (χ1v) is 9.79. The van der Waals surface area contributed by atoms with Crippen LogP contribution in [-0.2, 0) is 6.54 Å². The molecule has 0 fully saturated rings. The van der Waals surface area contributed by atoms with E-state index in [1.165, 1.54) is 5.56 Å². The predicted molar refractivity (Wildman–Crippen MR) is 126 cm³/mol. The van der Waals surface area contributed by atoms with Crippen LogP contribution >= 0.6 is 0 Å². The van der Waals surface area contributed by atoms with Crippen LogP contribution in [0, 0.1) is 0 Å². The molecule has 0 spiro atoms. The lowest BCUT2D eigenvalue weighted by Gasteiger charge is -2.21. The summed E-state index contributed by atoms with van der Waals surface area (Å²) < 4.78 is 0. The van der Waals surface area contributed by atoms with Gasteiger partial charge in [-0.05, 0) is 42.0 Å². The standard InChI is InChI=1S/C24H29N5/c1-25-23-11-7-8-12-24(23)28(2)18-17-27-29(3)22-15-13-21(14-16-22)26-19-20-9-5-4-6-10-20/h4-17,25-26H,18-19H2,1-3H3/b27-17+. The summed E-state index contributed by atoms with van der Waals surface area (Å²) in [5, 5.41) is 13.1. The van der Waals surface area contributed by atoms with Gasteiger partial charge < -0.3 is 15.5 Å². The van der Waals surface area contributed by atoms with Crippen LogP contribution in [-0.4, -0.2) is 33.9 Å². The molecule has 3 rings (SSSR count). The molecule has 0 saturated carbocycles. The Morgan fingerprint density at radius 3 is 2.28 bits per heavy atom. The van der Waals surface area contributed by atoms with Gasteiger partial charge in [0.2, 0.25) is 0 Å². The summed E-state index contributed by atoms with van der Waals surface area (Å²) >= 11 is 0. The SMILES string of the molecule is CNc1ccccc1N(C)C/C=N/N(C)c1ccc(NCc2ccccc2)cc1. The summed E-state index contributed by atoms with van der Waals surface area (Å²) in [7, 11) is 5.97. The number of hydrogen-bond acceptors (Lipinski definition) is 5. The van der Waals surface area contributed by atoms with Crippen LogP contribution in [0.1, 0.15) is 5.56 Å². The minimum atomic E-state index is 0.722. The lowest BCUT2D eigenvalue weighted by Crippen LogP contribution is -2.22. The van der Waals surface area contributed by atoms with Gasteiger partial charge in [-0.2, -0.15) is 5.10 Å². The number of nitrogens with one attached hydrogen (secondary N) is 2. The van der Waals surface area contributed by atoms with Gasteiger partial charge in [0.25, 0.3) is 0 Å². The Morgan fingerprint density at radius 1 is 0.862 bits per heavy atom. The topological polar surface area (TPSA) is 42.9 Å². The third kappa shape index (κ3) is 5.75. The molecule has 29 heavy (non-hydrogen) atoms. The Labute approximate surface area is 173 Å². The molecule has 0 atom stereocenters. The highest BCUT2D eigenvalue weighted by Crippen LogP contribution is 2.23. The molecule has 150 valence electrons. The lowest BCUT2D eigenvalue weighted by atomic mass is 10.2. The van der Waals surface area contributed by atoms with E-state index in [-0.39, 0.29) is 0 Å². The number of para-hydroxylation sites is 2. The molecule has 5 nitrogen and oxygen atoms in total. The van der Waals surface area contributed by atoms with Gasteiger partial charge in [0.1, 0.15) is 0 Å². The van der Waals surface area contributed by atoms with Crippen molar-refractivity contribution in [3.63, 3.8) is 0 Å². The summed E-state index contributed by atoms with van der Waals surface area (Å²) in [4.78, 5) is 2.17. The highest BCUT2D eigenvalue weighted by Gasteiger charge is 2.04. The number of hydrogen-bond donors (Lipinski definition) is 2. The van der Waals surface area contributed by atoms with E-state index in [9.17, 15) is 0 Å². The molecule has 0 aliphatic rings. The molecule has 0 bridgehead atoms. The lowest BCUT2D eigenvalue weighted by molar-refractivity contribution is 1.000. The molecule has 0 amide bonds. The zero-order valence-corrected chi connectivity index (χ0v) is 17.3. The molecule has 3 aromatic carbocycles. The molecule has 0 aromatic heterocycles. The minimum Gasteiger partial charge on any atom is -0.386 e. The van der Waals surface area contributed by atoms with E-state index in [0.717, 1.165) is 35.8 Å². The first kappa shape index (κ1) is 20.3. The van der Waals surface area contributed by atoms with Gasteiger partial charge in [-0.15, -0.1) is 0 Å². The van der Waals surface area contributed by atoms with Gasteiger partial charge in [0.05, 0.1) is 23.6 Å². The Hall–Kier alpha value is -3.47. The molecule has 0 radical (unpaired) electrons. The number of anilines is 4. The van der Waals surface area contributed by atoms with Crippen molar-refractivity contribution in [2.45, 2.75) is 6.54 Å². The Morgan fingerprint density at radius 2 is 1.55 bits per heavy atom. The zero-order valence-electron chi connectivity index (χ0n) is 17.3. The first-order valence-electron chi connectivity index (χ1n) is 9.79. The molecule has 3 aromatic rings. The molecule has 0 heterocycles. The van der Waals surface area contributed by atoms with Gasteiger partial charge >= 0.3 is 0 Å². The zero-order chi connectivity index (χ0) is 20.5. The Balaban J connectivity index is 1.52. The van der Waals surface area contributed by atoms with E-state index in [4.69, 9.17) is 0 Å². The Bertz CT molecular complexity index is 906. The highest BCUT2D eigenvalue weighted by atomic mass is 15.4. The molecule has 2 N–H and O–H groups in total. The predicted octanol–water partition coefficient (Wildman–Crippen LogP) is 4.90. The fourth-order valence-electron chi connectivity index (χ4n) is 3.06. The van der Waals surface area contributed by atoms with Crippen molar-refractivity contribution in [2.24, 2.45) is 5.10 Å². The van der Waals surface area contributed by atoms with Crippen molar-refractivity contribution < 1.29 is 0 Å². The van der Waals surface area contributed by atoms with E-state index in [1.54, 1.807) is 0 Å². The van der Waals surface area contributed by atoms with Gasteiger partial charge in [0, 0.05) is 39.6 Å². The normalized spacial score (nSPS) is 10.7. The summed E-state index contributed by atoms with van der Waals surface area (Å²) in [6, 6.07) is 27.0. The van der Waals surface area contributed by atoms with Crippen LogP contribution in [0.2, 0.25) is 0 Å². The molecular weight excluding hydrogens is 358 g/mol. The maximum Gasteiger partial charge on any atom is 0.0602 e. The number of rotatable bonds is 9. The van der Waals surface area contributed by atoms with Gasteiger partial charge in [-0.3, -0.25) is 5.01 Å². The summed E-state index contributed by atoms with van der Waals surface area (Å²) in [5.41, 5.74) is 5.67. The average molecular weight is 388 g/mol. The quantitative estimate of drug-likeness (QED) is 0.405. The number of benzene rings is 3. The van der Waals surface area contributed by atoms with Crippen LogP contribution in [0.25, 0.3) is 0 Å². The average Bonchev–Trinajstić information content (AvgIpc) is 2.78. The van der Waals surface area contributed by atoms with Gasteiger partial charge in [-0.1, -0.05) is 42.5 Å². The van der Waals surface area contributed by atoms with Crippen molar-refractivity contribution in [3.8, 4) is 0 Å². The van der Waals surface area contributed by atoms with Crippen LogP contribution < -0.4 is 20.5 Å². The molecular formula is C24H29N5. The largest absolute Gasteiger partial charge is 0.386 e. The summed E-state index contributed by atoms with van der Waals surface area (Å²) in [5.74, 6) is 0. The highest BCUT2D eigenvalue weighted by molar-refractivity contribution is 5.74. The van der Waals surface area contributed by atoms with Gasteiger partial charge in [0.15, 0.2) is 0 Å². The maximum atomic E-state index is 4.56. The third-order valence-electron chi connectivity index (χ3n) is 4.78. The molecule has 0 unspecified atom stereocenters. The number of hydrazone groups is 1. The van der Waals surface area contributed by atoms with Crippen LogP contribution in [0.3, 0.4) is 0 Å². The fourth-order valence-corrected chi connectivity index (χ4v) is 3.06. The van der Waals surface area contributed by atoms with Crippen molar-refractivity contribution in [1.29, 1.82) is 0 Å². The van der Waals surface area contributed by atoms with E-state index in [2.05, 4.69) is 88.3 Å². The monoisotopic (exact) mass is 387 g/mol. The molecule has 0 aliphatic carbocycles. The van der Waals surface area contributed by atoms with Crippen molar-refractivity contribution >= 4 is 29.0 Å². The van der Waals surface area contributed by atoms with E-state index < -0.39 is 0 Å². The van der Waals surface area contributed by atoms with Crippen LogP contribution in [0.5, 0.6) is 0 Å². The molecule has 0 aliphatic heterocycles.